The number of benzene rings is 1. The average molecular weight is 353 g/mol. The third-order valence-electron chi connectivity index (χ3n) is 4.30. The quantitative estimate of drug-likeness (QED) is 0.899. The first-order valence-electron chi connectivity index (χ1n) is 7.28. The van der Waals surface area contributed by atoms with Crippen molar-refractivity contribution >= 4 is 26.7 Å². The molecule has 21 heavy (non-hydrogen) atoms. The van der Waals surface area contributed by atoms with Crippen LogP contribution in [0.5, 0.6) is 0 Å². The molecule has 0 radical (unpaired) electrons. The van der Waals surface area contributed by atoms with Crippen LogP contribution in [-0.4, -0.2) is 10.6 Å². The molecule has 0 unspecified atom stereocenters. The van der Waals surface area contributed by atoms with Crippen molar-refractivity contribution in [3.63, 3.8) is 0 Å². The molecule has 5 heteroatoms. The lowest BCUT2D eigenvalue weighted by atomic mass is 9.86. The molecule has 2 atom stereocenters. The summed E-state index contributed by atoms with van der Waals surface area (Å²) in [4.78, 5) is 12.5. The van der Waals surface area contributed by atoms with Crippen LogP contribution in [0.1, 0.15) is 25.7 Å². The lowest BCUT2D eigenvalue weighted by Gasteiger charge is -2.27. The van der Waals surface area contributed by atoms with Crippen LogP contribution < -0.4 is 11.3 Å². The number of fused-ring (bicyclic) bond motifs is 1. The van der Waals surface area contributed by atoms with Gasteiger partial charge in [0.1, 0.15) is 5.82 Å². The molecule has 0 spiro atoms. The van der Waals surface area contributed by atoms with Crippen molar-refractivity contribution in [3.05, 3.63) is 45.0 Å². The topological polar surface area (TPSA) is 48.0 Å². The summed E-state index contributed by atoms with van der Waals surface area (Å²) in [5.74, 6) is 0.0289. The van der Waals surface area contributed by atoms with Crippen molar-refractivity contribution in [2.75, 3.05) is 0 Å². The molecule has 1 aliphatic carbocycles. The van der Waals surface area contributed by atoms with Gasteiger partial charge in [-0.2, -0.15) is 0 Å². The second-order valence-corrected chi connectivity index (χ2v) is 6.77. The Kier molecular flexibility index (Phi) is 4.13. The zero-order valence-corrected chi connectivity index (χ0v) is 13.3. The minimum atomic E-state index is -0.406. The predicted molar refractivity (Wildman–Crippen MR) is 85.8 cm³/mol. The van der Waals surface area contributed by atoms with Gasteiger partial charge in [-0.1, -0.05) is 6.42 Å². The van der Waals surface area contributed by atoms with Crippen molar-refractivity contribution < 1.29 is 4.39 Å². The van der Waals surface area contributed by atoms with E-state index in [1.807, 2.05) is 6.07 Å². The normalized spacial score (nSPS) is 22.6. The van der Waals surface area contributed by atoms with Crippen LogP contribution in [0.4, 0.5) is 4.39 Å². The van der Waals surface area contributed by atoms with Crippen LogP contribution in [0.2, 0.25) is 0 Å². The zero-order valence-electron chi connectivity index (χ0n) is 11.7. The maximum atomic E-state index is 13.7. The largest absolute Gasteiger partial charge is 0.328 e. The van der Waals surface area contributed by atoms with Crippen molar-refractivity contribution in [2.24, 2.45) is 11.7 Å². The lowest BCUT2D eigenvalue weighted by Crippen LogP contribution is -2.32. The SMILES string of the molecule is N[C@H]1CCC[C@@H](Cn2ccc3cc(Br)c(F)cc3c2=O)C1. The van der Waals surface area contributed by atoms with E-state index >= 15 is 0 Å². The van der Waals surface area contributed by atoms with E-state index in [1.54, 1.807) is 16.8 Å². The molecular formula is C16H18BrFN2O. The fourth-order valence-corrected chi connectivity index (χ4v) is 3.56. The van der Waals surface area contributed by atoms with Crippen LogP contribution >= 0.6 is 15.9 Å². The smallest absolute Gasteiger partial charge is 0.258 e. The maximum Gasteiger partial charge on any atom is 0.258 e. The third-order valence-corrected chi connectivity index (χ3v) is 4.90. The van der Waals surface area contributed by atoms with Crippen molar-refractivity contribution in [3.8, 4) is 0 Å². The van der Waals surface area contributed by atoms with Gasteiger partial charge in [0, 0.05) is 18.8 Å². The van der Waals surface area contributed by atoms with Gasteiger partial charge >= 0.3 is 0 Å². The molecule has 1 heterocycles. The summed E-state index contributed by atoms with van der Waals surface area (Å²) in [6.45, 7) is 0.667. The highest BCUT2D eigenvalue weighted by Gasteiger charge is 2.20. The zero-order chi connectivity index (χ0) is 15.0. The highest BCUT2D eigenvalue weighted by atomic mass is 79.9. The Morgan fingerprint density at radius 2 is 2.19 bits per heavy atom. The van der Waals surface area contributed by atoms with Gasteiger partial charge in [0.2, 0.25) is 0 Å². The Morgan fingerprint density at radius 1 is 1.38 bits per heavy atom. The van der Waals surface area contributed by atoms with Crippen LogP contribution in [0.25, 0.3) is 10.8 Å². The van der Waals surface area contributed by atoms with E-state index in [9.17, 15) is 9.18 Å². The fraction of sp³-hybridized carbons (Fsp3) is 0.438. The van der Waals surface area contributed by atoms with E-state index in [-0.39, 0.29) is 11.6 Å². The molecule has 2 aromatic rings. The second-order valence-electron chi connectivity index (χ2n) is 5.92. The molecule has 112 valence electrons. The summed E-state index contributed by atoms with van der Waals surface area (Å²) in [6, 6.07) is 5.06. The highest BCUT2D eigenvalue weighted by molar-refractivity contribution is 9.10. The molecule has 1 aromatic heterocycles. The molecule has 3 nitrogen and oxygen atoms in total. The number of nitrogens with two attached hydrogens (primary N) is 1. The Balaban J connectivity index is 1.94. The van der Waals surface area contributed by atoms with Gasteiger partial charge in [0.15, 0.2) is 0 Å². The van der Waals surface area contributed by atoms with Gasteiger partial charge < -0.3 is 10.3 Å². The summed E-state index contributed by atoms with van der Waals surface area (Å²) in [7, 11) is 0. The number of pyridine rings is 1. The van der Waals surface area contributed by atoms with Crippen molar-refractivity contribution in [1.82, 2.24) is 4.57 Å². The monoisotopic (exact) mass is 352 g/mol. The molecule has 1 aromatic carbocycles. The van der Waals surface area contributed by atoms with Gasteiger partial charge in [-0.15, -0.1) is 0 Å². The summed E-state index contributed by atoms with van der Waals surface area (Å²) >= 11 is 3.15. The summed E-state index contributed by atoms with van der Waals surface area (Å²) in [5.41, 5.74) is 5.87. The molecule has 1 aliphatic rings. The van der Waals surface area contributed by atoms with Crippen molar-refractivity contribution in [2.45, 2.75) is 38.3 Å². The molecule has 0 aliphatic heterocycles. The molecule has 0 saturated heterocycles. The average Bonchev–Trinajstić information content (AvgIpc) is 2.44. The second kappa shape index (κ2) is 5.89. The highest BCUT2D eigenvalue weighted by Crippen LogP contribution is 2.25. The Hall–Kier alpha value is -1.20. The first kappa shape index (κ1) is 14.7. The number of aromatic nitrogens is 1. The standard InChI is InChI=1S/C16H18BrFN2O/c17-14-7-11-4-5-20(16(21)13(11)8-15(14)18)9-10-2-1-3-12(19)6-10/h4-5,7-8,10,12H,1-3,6,9,19H2/t10-,12+/m1/s1. The van der Waals surface area contributed by atoms with E-state index in [0.717, 1.165) is 31.1 Å². The summed E-state index contributed by atoms with van der Waals surface area (Å²) in [5, 5.41) is 1.18. The van der Waals surface area contributed by atoms with Crippen LogP contribution in [0, 0.1) is 11.7 Å². The van der Waals surface area contributed by atoms with Gasteiger partial charge in [0.25, 0.3) is 5.56 Å². The predicted octanol–water partition coefficient (Wildman–Crippen LogP) is 3.42. The Bertz CT molecular complexity index is 728. The van der Waals surface area contributed by atoms with Gasteiger partial charge in [-0.25, -0.2) is 4.39 Å². The van der Waals surface area contributed by atoms with E-state index in [4.69, 9.17) is 5.73 Å². The Morgan fingerprint density at radius 3 is 2.95 bits per heavy atom. The minimum Gasteiger partial charge on any atom is -0.328 e. The van der Waals surface area contributed by atoms with Crippen molar-refractivity contribution in [1.29, 1.82) is 0 Å². The van der Waals surface area contributed by atoms with E-state index in [0.29, 0.717) is 22.3 Å². The molecule has 0 bridgehead atoms. The Labute approximate surface area is 131 Å². The maximum absolute atomic E-state index is 13.7. The van der Waals surface area contributed by atoms with Gasteiger partial charge in [0.05, 0.1) is 9.86 Å². The molecule has 3 rings (SSSR count). The minimum absolute atomic E-state index is 0.127. The molecule has 0 amide bonds. The first-order valence-corrected chi connectivity index (χ1v) is 8.07. The number of rotatable bonds is 2. The number of nitrogens with zero attached hydrogens (tertiary/aromatic N) is 1. The van der Waals surface area contributed by atoms with Crippen LogP contribution in [0.15, 0.2) is 33.7 Å². The number of hydrogen-bond donors (Lipinski definition) is 1. The third kappa shape index (κ3) is 3.04. The lowest BCUT2D eigenvalue weighted by molar-refractivity contribution is 0.288. The van der Waals surface area contributed by atoms with Gasteiger partial charge in [-0.3, -0.25) is 4.79 Å². The van der Waals surface area contributed by atoms with E-state index in [2.05, 4.69) is 15.9 Å². The fourth-order valence-electron chi connectivity index (χ4n) is 3.20. The first-order chi connectivity index (χ1) is 10.0. The van der Waals surface area contributed by atoms with Gasteiger partial charge in [-0.05, 0) is 64.7 Å². The summed E-state index contributed by atoms with van der Waals surface area (Å²) in [6.07, 6.45) is 6.05. The number of halogens is 2. The van der Waals surface area contributed by atoms with E-state index < -0.39 is 5.82 Å². The summed E-state index contributed by atoms with van der Waals surface area (Å²) < 4.78 is 15.7. The molecule has 2 N–H and O–H groups in total. The van der Waals surface area contributed by atoms with Crippen LogP contribution in [0.3, 0.4) is 0 Å². The van der Waals surface area contributed by atoms with E-state index in [1.165, 1.54) is 6.07 Å². The molecular weight excluding hydrogens is 335 g/mol. The molecule has 1 fully saturated rings. The number of hydrogen-bond acceptors (Lipinski definition) is 2. The molecule has 1 saturated carbocycles. The van der Waals surface area contributed by atoms with Crippen LogP contribution in [-0.2, 0) is 6.54 Å².